The summed E-state index contributed by atoms with van der Waals surface area (Å²) >= 11 is 0.655. The van der Waals surface area contributed by atoms with E-state index in [9.17, 15) is 39.6 Å². The van der Waals surface area contributed by atoms with E-state index in [0.717, 1.165) is 6.26 Å². The minimum Gasteiger partial charge on any atom is -0.268 e. The van der Waals surface area contributed by atoms with Crippen molar-refractivity contribution in [2.45, 2.75) is 17.5 Å². The van der Waals surface area contributed by atoms with Gasteiger partial charge in [0.2, 0.25) is 0 Å². The predicted octanol–water partition coefficient (Wildman–Crippen LogP) is 4.56. The Morgan fingerprint density at radius 1 is 1.00 bits per heavy atom. The molecule has 1 aromatic heterocycles. The van der Waals surface area contributed by atoms with Gasteiger partial charge in [-0.3, -0.25) is 9.36 Å². The molecule has 3 rings (SSSR count). The molecule has 0 saturated carbocycles. The molecule has 0 saturated heterocycles. The summed E-state index contributed by atoms with van der Waals surface area (Å²) in [6.45, 7) is 0. The Kier molecular flexibility index (Phi) is 6.35. The first-order chi connectivity index (χ1) is 14.7. The number of sulfone groups is 1. The van der Waals surface area contributed by atoms with Crippen LogP contribution >= 0.6 is 11.8 Å². The number of nitrogens with zero attached hydrogens (tertiary/aromatic N) is 2. The third-order valence-corrected chi connectivity index (χ3v) is 6.45. The van der Waals surface area contributed by atoms with E-state index < -0.39 is 44.6 Å². The molecule has 13 heteroatoms. The number of benzene rings is 2. The van der Waals surface area contributed by atoms with Gasteiger partial charge < -0.3 is 0 Å². The van der Waals surface area contributed by atoms with Crippen LogP contribution in [0, 0.1) is 0 Å². The fraction of sp³-hybridized carbons (Fsp3) is 0.263. The molecule has 0 atom stereocenters. The van der Waals surface area contributed by atoms with Crippen LogP contribution in [0.15, 0.2) is 52.4 Å². The van der Waals surface area contributed by atoms with Crippen LogP contribution in [0.5, 0.6) is 0 Å². The first-order valence-electron chi connectivity index (χ1n) is 8.79. The molecule has 0 amide bonds. The maximum absolute atomic E-state index is 13.6. The summed E-state index contributed by atoms with van der Waals surface area (Å²) in [7, 11) is -3.45. The zero-order chi connectivity index (χ0) is 23.9. The Morgan fingerprint density at radius 2 is 1.66 bits per heavy atom. The molecule has 0 aliphatic heterocycles. The van der Waals surface area contributed by atoms with Gasteiger partial charge in [-0.25, -0.2) is 13.4 Å². The van der Waals surface area contributed by atoms with Crippen molar-refractivity contribution in [3.8, 4) is 5.69 Å². The van der Waals surface area contributed by atoms with Gasteiger partial charge in [-0.1, -0.05) is 23.9 Å². The number of thioether (sulfide) groups is 1. The maximum Gasteiger partial charge on any atom is 0.418 e. The van der Waals surface area contributed by atoms with E-state index in [4.69, 9.17) is 0 Å². The van der Waals surface area contributed by atoms with Gasteiger partial charge in [-0.15, -0.1) is 0 Å². The molecular formula is C19H14F6N2O3S2. The molecule has 0 radical (unpaired) electrons. The number of hydrogen-bond donors (Lipinski definition) is 0. The number of fused-ring (bicyclic) bond motifs is 1. The summed E-state index contributed by atoms with van der Waals surface area (Å²) in [6, 6.07) is 6.43. The zero-order valence-electron chi connectivity index (χ0n) is 16.2. The summed E-state index contributed by atoms with van der Waals surface area (Å²) in [5, 5.41) is -0.465. The number of halogens is 6. The number of para-hydroxylation sites is 1. The highest BCUT2D eigenvalue weighted by atomic mass is 32.2. The fourth-order valence-electron chi connectivity index (χ4n) is 2.84. The van der Waals surface area contributed by atoms with Crippen LogP contribution in [0.3, 0.4) is 0 Å². The van der Waals surface area contributed by atoms with Gasteiger partial charge in [0.15, 0.2) is 5.16 Å². The van der Waals surface area contributed by atoms with Crippen molar-refractivity contribution in [1.82, 2.24) is 9.55 Å². The Bertz CT molecular complexity index is 1330. The topological polar surface area (TPSA) is 69.0 Å². The standard InChI is InChI=1S/C19H14F6N2O3S2/c1-32(29,30)9-8-31-17-26-14-5-3-2-4-12(14)16(28)27(17)15-10-11(18(20,21)22)6-7-13(15)19(23,24)25/h2-7,10H,8-9H2,1H3. The van der Waals surface area contributed by atoms with Crippen molar-refractivity contribution in [1.29, 1.82) is 0 Å². The highest BCUT2D eigenvalue weighted by molar-refractivity contribution is 8.00. The summed E-state index contributed by atoms with van der Waals surface area (Å²) in [5.41, 5.74) is -4.79. The molecule has 1 heterocycles. The summed E-state index contributed by atoms with van der Waals surface area (Å²) in [6.07, 6.45) is -9.08. The molecule has 0 N–H and O–H groups in total. The number of rotatable bonds is 5. The van der Waals surface area contributed by atoms with Crippen LogP contribution in [-0.2, 0) is 22.2 Å². The Hall–Kier alpha value is -2.54. The Morgan fingerprint density at radius 3 is 2.25 bits per heavy atom. The largest absolute Gasteiger partial charge is 0.418 e. The molecule has 0 aliphatic rings. The third-order valence-electron chi connectivity index (χ3n) is 4.30. The smallest absolute Gasteiger partial charge is 0.268 e. The van der Waals surface area contributed by atoms with Crippen molar-refractivity contribution < 1.29 is 34.8 Å². The number of aromatic nitrogens is 2. The van der Waals surface area contributed by atoms with Crippen molar-refractivity contribution in [2.75, 3.05) is 17.8 Å². The summed E-state index contributed by atoms with van der Waals surface area (Å²) < 4.78 is 104. The lowest BCUT2D eigenvalue weighted by atomic mass is 10.1. The van der Waals surface area contributed by atoms with Crippen LogP contribution in [0.25, 0.3) is 16.6 Å². The minimum absolute atomic E-state index is 0.106. The molecule has 0 aliphatic carbocycles. The van der Waals surface area contributed by atoms with E-state index in [0.29, 0.717) is 16.3 Å². The van der Waals surface area contributed by atoms with E-state index in [1.54, 1.807) is 0 Å². The lowest BCUT2D eigenvalue weighted by Crippen LogP contribution is -2.25. The molecule has 32 heavy (non-hydrogen) atoms. The van der Waals surface area contributed by atoms with E-state index in [1.807, 2.05) is 0 Å². The maximum atomic E-state index is 13.6. The molecule has 3 aromatic rings. The summed E-state index contributed by atoms with van der Waals surface area (Å²) in [4.78, 5) is 17.2. The minimum atomic E-state index is -5.07. The molecule has 0 spiro atoms. The first-order valence-corrected chi connectivity index (χ1v) is 11.8. The van der Waals surface area contributed by atoms with Gasteiger partial charge in [-0.05, 0) is 30.3 Å². The normalized spacial score (nSPS) is 13.0. The van der Waals surface area contributed by atoms with Crippen LogP contribution in [0.2, 0.25) is 0 Å². The van der Waals surface area contributed by atoms with Gasteiger partial charge in [0.1, 0.15) is 9.84 Å². The molecule has 5 nitrogen and oxygen atoms in total. The molecule has 0 bridgehead atoms. The predicted molar refractivity (Wildman–Crippen MR) is 108 cm³/mol. The average Bonchev–Trinajstić information content (AvgIpc) is 2.65. The first kappa shape index (κ1) is 24.1. The van der Waals surface area contributed by atoms with Crippen LogP contribution < -0.4 is 5.56 Å². The summed E-state index contributed by atoms with van der Waals surface area (Å²) in [5.74, 6) is -0.557. The van der Waals surface area contributed by atoms with Gasteiger partial charge in [0.05, 0.1) is 33.5 Å². The van der Waals surface area contributed by atoms with Crippen molar-refractivity contribution in [3.63, 3.8) is 0 Å². The zero-order valence-corrected chi connectivity index (χ0v) is 17.8. The van der Waals surface area contributed by atoms with Gasteiger partial charge in [0.25, 0.3) is 5.56 Å². The second-order valence-corrected chi connectivity index (χ2v) is 10.1. The number of alkyl halides is 6. The Balaban J connectivity index is 2.34. The second kappa shape index (κ2) is 8.43. The van der Waals surface area contributed by atoms with E-state index in [-0.39, 0.29) is 45.8 Å². The van der Waals surface area contributed by atoms with Crippen molar-refractivity contribution in [3.05, 3.63) is 63.9 Å². The van der Waals surface area contributed by atoms with Gasteiger partial charge >= 0.3 is 12.4 Å². The SMILES string of the molecule is CS(=O)(=O)CCSc1nc2ccccc2c(=O)n1-c1cc(C(F)(F)F)ccc1C(F)(F)F. The van der Waals surface area contributed by atoms with Gasteiger partial charge in [-0.2, -0.15) is 26.3 Å². The molecule has 172 valence electrons. The van der Waals surface area contributed by atoms with Crippen molar-refractivity contribution in [2.24, 2.45) is 0 Å². The highest BCUT2D eigenvalue weighted by Gasteiger charge is 2.38. The Labute approximate surface area is 182 Å². The van der Waals surface area contributed by atoms with E-state index in [2.05, 4.69) is 4.98 Å². The third kappa shape index (κ3) is 5.26. The highest BCUT2D eigenvalue weighted by Crippen LogP contribution is 2.38. The van der Waals surface area contributed by atoms with Crippen LogP contribution in [-0.4, -0.2) is 35.7 Å². The average molecular weight is 496 g/mol. The van der Waals surface area contributed by atoms with E-state index >= 15 is 0 Å². The fourth-order valence-corrected chi connectivity index (χ4v) is 5.04. The van der Waals surface area contributed by atoms with E-state index in [1.165, 1.54) is 24.3 Å². The van der Waals surface area contributed by atoms with Crippen molar-refractivity contribution >= 4 is 32.5 Å². The molecule has 0 unspecified atom stereocenters. The van der Waals surface area contributed by atoms with Crippen LogP contribution in [0.1, 0.15) is 11.1 Å². The van der Waals surface area contributed by atoms with Crippen LogP contribution in [0.4, 0.5) is 26.3 Å². The molecular weight excluding hydrogens is 482 g/mol. The lowest BCUT2D eigenvalue weighted by molar-refractivity contribution is -0.141. The van der Waals surface area contributed by atoms with Gasteiger partial charge in [0, 0.05) is 12.0 Å². The second-order valence-electron chi connectivity index (χ2n) is 6.76. The quantitative estimate of drug-likeness (QED) is 0.294. The number of hydrogen-bond acceptors (Lipinski definition) is 5. The lowest BCUT2D eigenvalue weighted by Gasteiger charge is -2.19. The molecule has 2 aromatic carbocycles. The molecule has 0 fully saturated rings. The monoisotopic (exact) mass is 496 g/mol.